The smallest absolute Gasteiger partial charge is 0.481 e. The number of nitrogens with one attached hydrogen (secondary N) is 2. The molecule has 344 valence electrons. The number of rotatable bonds is 24. The van der Waals surface area contributed by atoms with E-state index in [9.17, 15) is 44.4 Å². The molecule has 9 N–H and O–H groups in total. The molecule has 0 aromatic heterocycles. The molecular weight excluding hydrogens is 784 g/mol. The van der Waals surface area contributed by atoms with Gasteiger partial charge in [0.25, 0.3) is 6.48 Å². The van der Waals surface area contributed by atoms with Gasteiger partial charge in [0.1, 0.15) is 19.5 Å². The molecule has 4 aliphatic carbocycles. The van der Waals surface area contributed by atoms with Crippen molar-refractivity contribution < 1.29 is 69.2 Å². The third-order valence-corrected chi connectivity index (χ3v) is 15.2. The average molecular weight is 857 g/mol. The van der Waals surface area contributed by atoms with Crippen molar-refractivity contribution in [2.75, 3.05) is 39.6 Å². The van der Waals surface area contributed by atoms with Crippen LogP contribution in [0.3, 0.4) is 0 Å². The van der Waals surface area contributed by atoms with Gasteiger partial charge in [-0.2, -0.15) is 0 Å². The van der Waals surface area contributed by atoms with E-state index >= 15 is 0 Å². The standard InChI is InChI=1S/C42H72N4O14/c1-5-45(23-59-39(55)56)18-19-46(24-60-40(57)58)31(38(53)54)8-6-7-17-43-34(49)12-13-35(50)44-27-15-16-41(3)26(20-27)21-32(47)37-29-11-10-28(25(2)9-14-36(51)52)42(29,4)33(48)22-30(37)41/h25-33,37,39,47-48,55-56H,5-24H2,1-4H3,(H,43,49)(H,44,50)(H,51,52)(H,53,54)(H,57,58)/t25?,26-,27-,28+,29?,30?,31-,32+,33-,37?,41-,42?/m0/s1. The Bertz CT molecular complexity index is 1450. The highest BCUT2D eigenvalue weighted by atomic mass is 16.7. The molecule has 0 aliphatic heterocycles. The summed E-state index contributed by atoms with van der Waals surface area (Å²) in [6.45, 7) is 6.82. The van der Waals surface area contributed by atoms with Gasteiger partial charge in [0.15, 0.2) is 0 Å². The second-order valence-electron chi connectivity index (χ2n) is 18.4. The summed E-state index contributed by atoms with van der Waals surface area (Å²) < 4.78 is 9.45. The van der Waals surface area contributed by atoms with Crippen LogP contribution in [-0.2, 0) is 28.7 Å². The fourth-order valence-electron chi connectivity index (χ4n) is 11.8. The molecule has 0 spiro atoms. The molecule has 4 aliphatic rings. The van der Waals surface area contributed by atoms with Gasteiger partial charge in [0.2, 0.25) is 11.8 Å². The third-order valence-electron chi connectivity index (χ3n) is 15.2. The van der Waals surface area contributed by atoms with E-state index in [2.05, 4.69) is 36.1 Å². The van der Waals surface area contributed by atoms with Gasteiger partial charge in [-0.1, -0.05) is 27.7 Å². The van der Waals surface area contributed by atoms with E-state index in [1.165, 1.54) is 4.90 Å². The van der Waals surface area contributed by atoms with E-state index in [1.54, 1.807) is 11.8 Å². The second-order valence-corrected chi connectivity index (χ2v) is 18.4. The number of aliphatic hydroxyl groups is 4. The Kier molecular flexibility index (Phi) is 18.4. The lowest BCUT2D eigenvalue weighted by Crippen LogP contribution is -2.63. The van der Waals surface area contributed by atoms with Crippen LogP contribution in [0.5, 0.6) is 0 Å². The fraction of sp³-hybridized carbons (Fsp3) is 0.881. The molecular formula is C42H72N4O14. The topological polar surface area (TPSA) is 276 Å². The Balaban J connectivity index is 1.20. The second kappa shape index (κ2) is 22.3. The van der Waals surface area contributed by atoms with Crippen molar-refractivity contribution in [2.24, 2.45) is 46.3 Å². The molecule has 0 radical (unpaired) electrons. The molecule has 5 unspecified atom stereocenters. The zero-order valence-corrected chi connectivity index (χ0v) is 35.9. The van der Waals surface area contributed by atoms with Gasteiger partial charge in [-0.05, 0) is 124 Å². The van der Waals surface area contributed by atoms with E-state index in [-0.39, 0.29) is 116 Å². The molecule has 0 aromatic rings. The number of amides is 2. The summed E-state index contributed by atoms with van der Waals surface area (Å²) in [5.74, 6) is -1.56. The van der Waals surface area contributed by atoms with E-state index in [1.807, 2.05) is 0 Å². The number of unbranched alkanes of at least 4 members (excludes halogenated alkanes) is 1. The Labute approximate surface area is 353 Å². The maximum absolute atomic E-state index is 13.0. The number of carbonyl (C=O) groups is 5. The number of nitrogens with zero attached hydrogens (tertiary/aromatic N) is 2. The molecule has 0 aromatic carbocycles. The number of likely N-dealkylation sites (N-methyl/N-ethyl adjacent to an activating group) is 1. The molecule has 4 saturated carbocycles. The fourth-order valence-corrected chi connectivity index (χ4v) is 11.8. The molecule has 2 amide bonds. The van der Waals surface area contributed by atoms with Crippen LogP contribution in [0.15, 0.2) is 0 Å². The number of hydrogen-bond donors (Lipinski definition) is 9. The van der Waals surface area contributed by atoms with E-state index in [0.717, 1.165) is 32.1 Å². The summed E-state index contributed by atoms with van der Waals surface area (Å²) in [6.07, 6.45) is 4.53. The summed E-state index contributed by atoms with van der Waals surface area (Å²) in [6, 6.07) is -1.17. The van der Waals surface area contributed by atoms with Gasteiger partial charge in [-0.25, -0.2) is 4.79 Å². The summed E-state index contributed by atoms with van der Waals surface area (Å²) in [7, 11) is 0. The number of carboxylic acid groups (broad SMARTS) is 3. The van der Waals surface area contributed by atoms with Gasteiger partial charge in [-0.3, -0.25) is 29.0 Å². The van der Waals surface area contributed by atoms with Crippen LogP contribution in [0.4, 0.5) is 4.79 Å². The van der Waals surface area contributed by atoms with Gasteiger partial charge >= 0.3 is 18.1 Å². The third kappa shape index (κ3) is 12.5. The summed E-state index contributed by atoms with van der Waals surface area (Å²) in [4.78, 5) is 63.2. The molecule has 0 heterocycles. The van der Waals surface area contributed by atoms with Crippen molar-refractivity contribution in [3.05, 3.63) is 0 Å². The Morgan fingerprint density at radius 3 is 2.22 bits per heavy atom. The molecule has 18 heteroatoms. The van der Waals surface area contributed by atoms with Gasteiger partial charge in [-0.15, -0.1) is 0 Å². The van der Waals surface area contributed by atoms with Gasteiger partial charge < -0.3 is 55.9 Å². The number of aliphatic carboxylic acids is 2. The lowest BCUT2D eigenvalue weighted by atomic mass is 9.43. The van der Waals surface area contributed by atoms with Crippen molar-refractivity contribution in [2.45, 2.75) is 148 Å². The van der Waals surface area contributed by atoms with Gasteiger partial charge in [0, 0.05) is 44.9 Å². The number of aliphatic hydroxyl groups excluding tert-OH is 3. The highest BCUT2D eigenvalue weighted by Crippen LogP contribution is 2.68. The number of carbonyl (C=O) groups excluding carboxylic acids is 2. The van der Waals surface area contributed by atoms with Crippen LogP contribution < -0.4 is 10.6 Å². The molecule has 12 atom stereocenters. The Morgan fingerprint density at radius 1 is 0.850 bits per heavy atom. The predicted molar refractivity (Wildman–Crippen MR) is 216 cm³/mol. The number of fused-ring (bicyclic) bond motifs is 5. The van der Waals surface area contributed by atoms with Crippen molar-refractivity contribution in [1.29, 1.82) is 0 Å². The predicted octanol–water partition coefficient (Wildman–Crippen LogP) is 2.61. The normalized spacial score (nSPS) is 32.1. The van der Waals surface area contributed by atoms with Crippen LogP contribution in [0.1, 0.15) is 118 Å². The zero-order valence-electron chi connectivity index (χ0n) is 35.9. The number of hydrogen-bond acceptors (Lipinski definition) is 13. The average Bonchev–Trinajstić information content (AvgIpc) is 3.54. The van der Waals surface area contributed by atoms with Crippen molar-refractivity contribution in [3.8, 4) is 0 Å². The monoisotopic (exact) mass is 857 g/mol. The van der Waals surface area contributed by atoms with Crippen LogP contribution in [0.25, 0.3) is 0 Å². The number of ether oxygens (including phenoxy) is 2. The van der Waals surface area contributed by atoms with Crippen LogP contribution in [0, 0.1) is 46.3 Å². The lowest BCUT2D eigenvalue weighted by Gasteiger charge is -2.63. The maximum atomic E-state index is 13.0. The van der Waals surface area contributed by atoms with E-state index in [4.69, 9.17) is 20.1 Å². The molecule has 0 saturated heterocycles. The minimum atomic E-state index is -1.97. The molecule has 18 nitrogen and oxygen atoms in total. The van der Waals surface area contributed by atoms with Gasteiger partial charge in [0.05, 0.1) is 12.2 Å². The zero-order chi connectivity index (χ0) is 44.4. The first-order chi connectivity index (χ1) is 28.3. The van der Waals surface area contributed by atoms with Crippen LogP contribution >= 0.6 is 0 Å². The van der Waals surface area contributed by atoms with Crippen LogP contribution in [0.2, 0.25) is 0 Å². The Morgan fingerprint density at radius 2 is 1.57 bits per heavy atom. The Hall–Kier alpha value is -3.13. The highest BCUT2D eigenvalue weighted by molar-refractivity contribution is 5.83. The van der Waals surface area contributed by atoms with E-state index in [0.29, 0.717) is 38.6 Å². The van der Waals surface area contributed by atoms with Crippen molar-refractivity contribution in [1.82, 2.24) is 20.4 Å². The lowest BCUT2D eigenvalue weighted by molar-refractivity contribution is -0.250. The van der Waals surface area contributed by atoms with Crippen LogP contribution in [-0.4, -0.2) is 146 Å². The first-order valence-electron chi connectivity index (χ1n) is 22.0. The van der Waals surface area contributed by atoms with Crippen molar-refractivity contribution >= 4 is 29.9 Å². The maximum Gasteiger partial charge on any atom is 0.507 e. The first kappa shape index (κ1) is 49.5. The molecule has 4 rings (SSSR count). The SMILES string of the molecule is CCN(CCN(COC(=O)O)[C@@H](CCCCNC(=O)CCC(=O)N[C@H]1CC[C@]2(C)C3C[C@H](O)C4(C)C(CC[C@@H]4C(C)CCC(=O)O)C3[C@H](O)C[C@@H]2C1)C(=O)O)COC(O)O. The largest absolute Gasteiger partial charge is 0.507 e. The summed E-state index contributed by atoms with van der Waals surface area (Å²) in [5.41, 5.74) is -0.456. The number of carboxylic acids is 2. The molecule has 60 heavy (non-hydrogen) atoms. The summed E-state index contributed by atoms with van der Waals surface area (Å²) >= 11 is 0. The molecule has 0 bridgehead atoms. The highest BCUT2D eigenvalue weighted by Gasteiger charge is 2.65. The quantitative estimate of drug-likeness (QED) is 0.0383. The van der Waals surface area contributed by atoms with E-state index < -0.39 is 49.6 Å². The minimum Gasteiger partial charge on any atom is -0.481 e. The first-order valence-corrected chi connectivity index (χ1v) is 22.0. The summed E-state index contributed by atoms with van der Waals surface area (Å²) in [5, 5.41) is 75.7. The molecule has 4 fully saturated rings. The minimum absolute atomic E-state index is 0.00676. The van der Waals surface area contributed by atoms with Crippen molar-refractivity contribution in [3.63, 3.8) is 0 Å².